The lowest BCUT2D eigenvalue weighted by atomic mass is 9.86. The van der Waals surface area contributed by atoms with Crippen LogP contribution in [0.5, 0.6) is 0 Å². The minimum absolute atomic E-state index is 0.124. The Morgan fingerprint density at radius 1 is 1.33 bits per heavy atom. The highest BCUT2D eigenvalue weighted by Gasteiger charge is 2.20. The first-order chi connectivity index (χ1) is 5.43. The summed E-state index contributed by atoms with van der Waals surface area (Å²) in [6, 6.07) is 0. The number of rotatable bonds is 0. The largest absolute Gasteiger partial charge is 0.158 e. The van der Waals surface area contributed by atoms with E-state index in [1.54, 1.807) is 6.20 Å². The first kappa shape index (κ1) is 9.65. The third kappa shape index (κ3) is 1.83. The quantitative estimate of drug-likeness (QED) is 0.683. The SMILES string of the molecule is Cc1nncc(Br)c1C(C)(C)C. The van der Waals surface area contributed by atoms with Crippen molar-refractivity contribution in [3.05, 3.63) is 21.9 Å². The Morgan fingerprint density at radius 3 is 2.25 bits per heavy atom. The molecule has 0 aliphatic carbocycles. The van der Waals surface area contributed by atoms with Crippen molar-refractivity contribution < 1.29 is 0 Å². The van der Waals surface area contributed by atoms with Crippen LogP contribution in [0.25, 0.3) is 0 Å². The maximum absolute atomic E-state index is 4.03. The molecule has 0 aromatic carbocycles. The molecule has 0 saturated heterocycles. The second-order valence-corrected chi connectivity index (χ2v) is 4.76. The first-order valence-electron chi connectivity index (χ1n) is 3.91. The zero-order valence-corrected chi connectivity index (χ0v) is 9.44. The van der Waals surface area contributed by atoms with Gasteiger partial charge in [-0.3, -0.25) is 0 Å². The highest BCUT2D eigenvalue weighted by atomic mass is 79.9. The van der Waals surface area contributed by atoms with Crippen LogP contribution in [0.3, 0.4) is 0 Å². The Morgan fingerprint density at radius 2 is 1.92 bits per heavy atom. The maximum Gasteiger partial charge on any atom is 0.0648 e. The Bertz CT molecular complexity index is 269. The van der Waals surface area contributed by atoms with E-state index in [4.69, 9.17) is 0 Å². The van der Waals surface area contributed by atoms with Crippen molar-refractivity contribution in [3.63, 3.8) is 0 Å². The molecule has 0 N–H and O–H groups in total. The van der Waals surface area contributed by atoms with Gasteiger partial charge in [0.2, 0.25) is 0 Å². The number of aromatic nitrogens is 2. The number of halogens is 1. The fourth-order valence-corrected chi connectivity index (χ4v) is 2.33. The zero-order valence-electron chi connectivity index (χ0n) is 7.85. The molecule has 0 radical (unpaired) electrons. The van der Waals surface area contributed by atoms with Crippen molar-refractivity contribution in [2.24, 2.45) is 0 Å². The van der Waals surface area contributed by atoms with Crippen molar-refractivity contribution in [3.8, 4) is 0 Å². The molecule has 0 atom stereocenters. The highest BCUT2D eigenvalue weighted by molar-refractivity contribution is 9.10. The number of aryl methyl sites for hydroxylation is 1. The number of hydrogen-bond acceptors (Lipinski definition) is 2. The summed E-state index contributed by atoms with van der Waals surface area (Å²) in [5.74, 6) is 0. The van der Waals surface area contributed by atoms with E-state index in [9.17, 15) is 0 Å². The molecule has 0 saturated carbocycles. The fourth-order valence-electron chi connectivity index (χ4n) is 1.35. The zero-order chi connectivity index (χ0) is 9.35. The van der Waals surface area contributed by atoms with Crippen LogP contribution in [0.2, 0.25) is 0 Å². The molecule has 0 spiro atoms. The van der Waals surface area contributed by atoms with E-state index in [2.05, 4.69) is 46.9 Å². The molecule has 1 aromatic heterocycles. The minimum atomic E-state index is 0.124. The van der Waals surface area contributed by atoms with Gasteiger partial charge in [0.1, 0.15) is 0 Å². The lowest BCUT2D eigenvalue weighted by Gasteiger charge is -2.21. The average molecular weight is 229 g/mol. The molecule has 1 rings (SSSR count). The smallest absolute Gasteiger partial charge is 0.0648 e. The first-order valence-corrected chi connectivity index (χ1v) is 4.70. The van der Waals surface area contributed by atoms with E-state index in [-0.39, 0.29) is 5.41 Å². The van der Waals surface area contributed by atoms with Crippen LogP contribution in [0.4, 0.5) is 0 Å². The molecule has 0 bridgehead atoms. The maximum atomic E-state index is 4.03. The minimum Gasteiger partial charge on any atom is -0.158 e. The highest BCUT2D eigenvalue weighted by Crippen LogP contribution is 2.30. The van der Waals surface area contributed by atoms with Gasteiger partial charge in [-0.05, 0) is 33.8 Å². The molecule has 0 aliphatic rings. The average Bonchev–Trinajstić information content (AvgIpc) is 1.82. The van der Waals surface area contributed by atoms with Crippen molar-refractivity contribution in [1.82, 2.24) is 10.2 Å². The molecule has 3 heteroatoms. The molecule has 1 aromatic rings. The molecule has 0 aliphatic heterocycles. The van der Waals surface area contributed by atoms with E-state index in [0.29, 0.717) is 0 Å². The second-order valence-electron chi connectivity index (χ2n) is 3.90. The van der Waals surface area contributed by atoms with Crippen molar-refractivity contribution >= 4 is 15.9 Å². The molecule has 0 unspecified atom stereocenters. The van der Waals surface area contributed by atoms with Crippen LogP contribution in [0.1, 0.15) is 32.0 Å². The van der Waals surface area contributed by atoms with Gasteiger partial charge in [-0.15, -0.1) is 0 Å². The Labute approximate surface area is 81.5 Å². The lowest BCUT2D eigenvalue weighted by Crippen LogP contribution is -2.15. The Balaban J connectivity index is 3.31. The Hall–Kier alpha value is -0.440. The third-order valence-electron chi connectivity index (χ3n) is 1.73. The van der Waals surface area contributed by atoms with E-state index in [1.165, 1.54) is 5.56 Å². The van der Waals surface area contributed by atoms with E-state index in [0.717, 1.165) is 10.2 Å². The van der Waals surface area contributed by atoms with Crippen LogP contribution in [0.15, 0.2) is 10.7 Å². The van der Waals surface area contributed by atoms with E-state index in [1.807, 2.05) is 6.92 Å². The molecule has 0 fully saturated rings. The van der Waals surface area contributed by atoms with Gasteiger partial charge < -0.3 is 0 Å². The molecule has 0 amide bonds. The molecular weight excluding hydrogens is 216 g/mol. The molecule has 1 heterocycles. The van der Waals surface area contributed by atoms with Gasteiger partial charge in [0.25, 0.3) is 0 Å². The lowest BCUT2D eigenvalue weighted by molar-refractivity contribution is 0.575. The van der Waals surface area contributed by atoms with Crippen LogP contribution in [-0.2, 0) is 5.41 Å². The predicted molar refractivity (Wildman–Crippen MR) is 53.2 cm³/mol. The van der Waals surface area contributed by atoms with E-state index < -0.39 is 0 Å². The van der Waals surface area contributed by atoms with Crippen molar-refractivity contribution in [2.75, 3.05) is 0 Å². The summed E-state index contributed by atoms with van der Waals surface area (Å²) in [4.78, 5) is 0. The van der Waals surface area contributed by atoms with Crippen LogP contribution in [-0.4, -0.2) is 10.2 Å². The topological polar surface area (TPSA) is 25.8 Å². The van der Waals surface area contributed by atoms with E-state index >= 15 is 0 Å². The van der Waals surface area contributed by atoms with Gasteiger partial charge in [0, 0.05) is 4.47 Å². The summed E-state index contributed by atoms with van der Waals surface area (Å²) in [5.41, 5.74) is 2.35. The van der Waals surface area contributed by atoms with Gasteiger partial charge in [-0.2, -0.15) is 10.2 Å². The molecule has 12 heavy (non-hydrogen) atoms. The molecule has 2 nitrogen and oxygen atoms in total. The third-order valence-corrected chi connectivity index (χ3v) is 2.33. The van der Waals surface area contributed by atoms with Gasteiger partial charge in [0.15, 0.2) is 0 Å². The second kappa shape index (κ2) is 3.13. The van der Waals surface area contributed by atoms with Crippen molar-refractivity contribution in [2.45, 2.75) is 33.1 Å². The summed E-state index contributed by atoms with van der Waals surface area (Å²) in [6.45, 7) is 8.49. The summed E-state index contributed by atoms with van der Waals surface area (Å²) >= 11 is 3.48. The molecular formula is C9H13BrN2. The monoisotopic (exact) mass is 228 g/mol. The summed E-state index contributed by atoms with van der Waals surface area (Å²) in [7, 11) is 0. The van der Waals surface area contributed by atoms with Crippen molar-refractivity contribution in [1.29, 1.82) is 0 Å². The van der Waals surface area contributed by atoms with Gasteiger partial charge in [-0.1, -0.05) is 20.8 Å². The number of nitrogens with zero attached hydrogens (tertiary/aromatic N) is 2. The van der Waals surface area contributed by atoms with Crippen LogP contribution in [0, 0.1) is 6.92 Å². The summed E-state index contributed by atoms with van der Waals surface area (Å²) < 4.78 is 1.04. The predicted octanol–water partition coefficient (Wildman–Crippen LogP) is 2.85. The van der Waals surface area contributed by atoms with Crippen LogP contribution < -0.4 is 0 Å². The van der Waals surface area contributed by atoms with Gasteiger partial charge in [-0.25, -0.2) is 0 Å². The fraction of sp³-hybridized carbons (Fsp3) is 0.556. The summed E-state index contributed by atoms with van der Waals surface area (Å²) in [6.07, 6.45) is 1.74. The Kier molecular flexibility index (Phi) is 2.52. The number of hydrogen-bond donors (Lipinski definition) is 0. The van der Waals surface area contributed by atoms with Gasteiger partial charge >= 0.3 is 0 Å². The summed E-state index contributed by atoms with van der Waals surface area (Å²) in [5, 5.41) is 7.89. The normalized spacial score (nSPS) is 11.8. The van der Waals surface area contributed by atoms with Gasteiger partial charge in [0.05, 0.1) is 11.9 Å². The van der Waals surface area contributed by atoms with Crippen LogP contribution >= 0.6 is 15.9 Å². The molecule has 66 valence electrons. The standard InChI is InChI=1S/C9H13BrN2/c1-6-8(9(2,3)4)7(10)5-11-12-6/h5H,1-4H3.